The smallest absolute Gasteiger partial charge is 0.251 e. The van der Waals surface area contributed by atoms with Crippen LogP contribution >= 0.6 is 12.2 Å². The Morgan fingerprint density at radius 1 is 1.47 bits per heavy atom. The summed E-state index contributed by atoms with van der Waals surface area (Å²) in [5.41, 5.74) is 2.69. The number of nitrogens with zero attached hydrogens (tertiary/aromatic N) is 1. The molecule has 19 heavy (non-hydrogen) atoms. The van der Waals surface area contributed by atoms with Gasteiger partial charge in [-0.05, 0) is 17.8 Å². The second kappa shape index (κ2) is 4.38. The van der Waals surface area contributed by atoms with Crippen LogP contribution in [0.3, 0.4) is 0 Å². The molecule has 1 aromatic heterocycles. The lowest BCUT2D eigenvalue weighted by molar-refractivity contribution is -0.126. The Labute approximate surface area is 117 Å². The average molecular weight is 269 g/mol. The number of aromatic nitrogens is 1. The van der Waals surface area contributed by atoms with Crippen molar-refractivity contribution in [1.82, 2.24) is 15.2 Å². The van der Waals surface area contributed by atoms with Crippen LogP contribution in [0.4, 0.5) is 0 Å². The van der Waals surface area contributed by atoms with Gasteiger partial charge in [-0.1, -0.05) is 23.7 Å². The number of hydrogen-bond acceptors (Lipinski definition) is 2. The third kappa shape index (κ3) is 1.92. The number of nitrogens with one attached hydrogen (secondary N) is 2. The zero-order chi connectivity index (χ0) is 13.6. The van der Waals surface area contributed by atoms with Gasteiger partial charge >= 0.3 is 0 Å². The zero-order valence-corrected chi connectivity index (χ0v) is 11.3. The molecule has 4 nitrogen and oxygen atoms in total. The summed E-state index contributed by atoms with van der Waals surface area (Å²) in [5.74, 6) is 0.00301. The Morgan fingerprint density at radius 2 is 2.26 bits per heavy atom. The molecular weight excluding hydrogens is 257 g/mol. The molecule has 2 radical (unpaired) electrons. The van der Waals surface area contributed by atoms with Crippen molar-refractivity contribution in [1.29, 1.82) is 0 Å². The van der Waals surface area contributed by atoms with Gasteiger partial charge in [0.2, 0.25) is 0 Å². The number of carbonyl (C=O) groups is 1. The highest BCUT2D eigenvalue weighted by molar-refractivity contribution is 7.80. The maximum Gasteiger partial charge on any atom is 0.251 e. The molecule has 1 saturated heterocycles. The van der Waals surface area contributed by atoms with Crippen molar-refractivity contribution in [2.24, 2.45) is 0 Å². The van der Waals surface area contributed by atoms with Gasteiger partial charge < -0.3 is 10.3 Å². The van der Waals surface area contributed by atoms with E-state index in [4.69, 9.17) is 20.1 Å². The minimum atomic E-state index is -0.294. The fraction of sp³-hybridized carbons (Fsp3) is 0.231. The topological polar surface area (TPSA) is 48.1 Å². The molecule has 2 aromatic rings. The molecule has 2 heterocycles. The molecule has 0 spiro atoms. The largest absolute Gasteiger partial charge is 0.361 e. The van der Waals surface area contributed by atoms with Crippen molar-refractivity contribution in [3.63, 3.8) is 0 Å². The van der Waals surface area contributed by atoms with Crippen LogP contribution < -0.4 is 10.8 Å². The number of amides is 1. The van der Waals surface area contributed by atoms with Crippen molar-refractivity contribution in [3.05, 3.63) is 30.0 Å². The number of rotatable bonds is 2. The van der Waals surface area contributed by atoms with E-state index in [1.165, 1.54) is 4.90 Å². The summed E-state index contributed by atoms with van der Waals surface area (Å²) >= 11 is 5.07. The molecule has 0 saturated carbocycles. The molecule has 1 aromatic carbocycles. The SMILES string of the molecule is [B]c1cccc2c(CC3NC(=S)N(C)C3=O)c[nH]c12. The summed E-state index contributed by atoms with van der Waals surface area (Å²) in [6.45, 7) is 0. The van der Waals surface area contributed by atoms with Crippen LogP contribution in [0.25, 0.3) is 10.9 Å². The van der Waals surface area contributed by atoms with Crippen LogP contribution in [0.5, 0.6) is 0 Å². The Bertz CT molecular complexity index is 682. The van der Waals surface area contributed by atoms with Gasteiger partial charge in [0.15, 0.2) is 5.11 Å². The number of fused-ring (bicyclic) bond motifs is 1. The lowest BCUT2D eigenvalue weighted by atomic mass is 9.92. The standard InChI is InChI=1S/C13H12BN3OS/c1-17-12(18)10(16-13(17)19)5-7-6-15-11-8(7)3-2-4-9(11)14/h2-4,6,10,15H,5H2,1H3,(H,16,19). The molecule has 0 aliphatic carbocycles. The first kappa shape index (κ1) is 12.2. The second-order valence-electron chi connectivity index (χ2n) is 4.69. The monoisotopic (exact) mass is 269 g/mol. The Balaban J connectivity index is 1.93. The third-order valence-electron chi connectivity index (χ3n) is 3.49. The van der Waals surface area contributed by atoms with Crippen LogP contribution in [0.1, 0.15) is 5.56 Å². The molecule has 1 atom stereocenters. The Hall–Kier alpha value is -1.82. The van der Waals surface area contributed by atoms with Gasteiger partial charge in [0.25, 0.3) is 5.91 Å². The van der Waals surface area contributed by atoms with Gasteiger partial charge in [0.1, 0.15) is 13.9 Å². The van der Waals surface area contributed by atoms with Crippen LogP contribution in [0, 0.1) is 0 Å². The number of likely N-dealkylation sites (N-methyl/N-ethyl adjacent to an activating group) is 1. The maximum absolute atomic E-state index is 12.0. The summed E-state index contributed by atoms with van der Waals surface area (Å²) in [6.07, 6.45) is 2.49. The number of thiocarbonyl (C=S) groups is 1. The van der Waals surface area contributed by atoms with Gasteiger partial charge in [-0.25, -0.2) is 0 Å². The van der Waals surface area contributed by atoms with E-state index in [2.05, 4.69) is 10.3 Å². The minimum absolute atomic E-state index is 0.00301. The van der Waals surface area contributed by atoms with Gasteiger partial charge in [-0.15, -0.1) is 0 Å². The molecule has 6 heteroatoms. The van der Waals surface area contributed by atoms with E-state index in [9.17, 15) is 4.79 Å². The van der Waals surface area contributed by atoms with Gasteiger partial charge in [0, 0.05) is 30.6 Å². The number of carbonyl (C=O) groups excluding carboxylic acids is 1. The lowest BCUT2D eigenvalue weighted by Crippen LogP contribution is -2.31. The van der Waals surface area contributed by atoms with Gasteiger partial charge in [0.05, 0.1) is 0 Å². The van der Waals surface area contributed by atoms with E-state index in [0.717, 1.165) is 16.5 Å². The number of aromatic amines is 1. The first-order chi connectivity index (χ1) is 9.08. The summed E-state index contributed by atoms with van der Waals surface area (Å²) in [4.78, 5) is 16.6. The van der Waals surface area contributed by atoms with E-state index in [1.807, 2.05) is 24.4 Å². The van der Waals surface area contributed by atoms with Crippen molar-refractivity contribution in [2.45, 2.75) is 12.5 Å². The molecule has 1 amide bonds. The van der Waals surface area contributed by atoms with Crippen molar-refractivity contribution in [3.8, 4) is 0 Å². The summed E-state index contributed by atoms with van der Waals surface area (Å²) < 4.78 is 0. The van der Waals surface area contributed by atoms with Crippen LogP contribution in [0.2, 0.25) is 0 Å². The van der Waals surface area contributed by atoms with Gasteiger partial charge in [-0.2, -0.15) is 0 Å². The molecule has 1 unspecified atom stereocenters. The predicted octanol–water partition coefficient (Wildman–Crippen LogP) is 0.219. The fourth-order valence-corrected chi connectivity index (χ4v) is 2.64. The molecule has 1 fully saturated rings. The highest BCUT2D eigenvalue weighted by Gasteiger charge is 2.33. The van der Waals surface area contributed by atoms with Gasteiger partial charge in [-0.3, -0.25) is 9.69 Å². The first-order valence-corrected chi connectivity index (χ1v) is 6.41. The molecule has 2 N–H and O–H groups in total. The number of para-hydroxylation sites is 1. The predicted molar refractivity (Wildman–Crippen MR) is 79.7 cm³/mol. The molecule has 3 rings (SSSR count). The van der Waals surface area contributed by atoms with E-state index in [1.54, 1.807) is 7.05 Å². The minimum Gasteiger partial charge on any atom is -0.361 e. The van der Waals surface area contributed by atoms with Crippen LogP contribution in [-0.4, -0.2) is 41.8 Å². The lowest BCUT2D eigenvalue weighted by Gasteiger charge is -2.07. The number of benzene rings is 1. The fourth-order valence-electron chi connectivity index (χ4n) is 2.40. The molecule has 1 aliphatic rings. The maximum atomic E-state index is 12.0. The average Bonchev–Trinajstić information content (AvgIpc) is 2.90. The first-order valence-electron chi connectivity index (χ1n) is 6.00. The van der Waals surface area contributed by atoms with E-state index >= 15 is 0 Å². The van der Waals surface area contributed by atoms with Crippen molar-refractivity contribution >= 4 is 47.4 Å². The second-order valence-corrected chi connectivity index (χ2v) is 5.07. The van der Waals surface area contributed by atoms with Crippen molar-refractivity contribution in [2.75, 3.05) is 7.05 Å². The summed E-state index contributed by atoms with van der Waals surface area (Å²) in [6, 6.07) is 5.47. The zero-order valence-electron chi connectivity index (χ0n) is 10.4. The van der Waals surface area contributed by atoms with Crippen LogP contribution in [-0.2, 0) is 11.2 Å². The molecular formula is C13H12BN3OS. The molecule has 1 aliphatic heterocycles. The quantitative estimate of drug-likeness (QED) is 0.605. The number of H-pyrrole nitrogens is 1. The summed E-state index contributed by atoms with van der Waals surface area (Å²) in [5, 5.41) is 4.57. The van der Waals surface area contributed by atoms with Crippen LogP contribution in [0.15, 0.2) is 24.4 Å². The molecule has 0 bridgehead atoms. The Morgan fingerprint density at radius 3 is 2.95 bits per heavy atom. The normalized spacial score (nSPS) is 19.2. The highest BCUT2D eigenvalue weighted by atomic mass is 32.1. The summed E-state index contributed by atoms with van der Waals surface area (Å²) in [7, 11) is 7.59. The van der Waals surface area contributed by atoms with E-state index < -0.39 is 0 Å². The molecule has 94 valence electrons. The Kier molecular flexibility index (Phi) is 2.82. The van der Waals surface area contributed by atoms with Crippen molar-refractivity contribution < 1.29 is 4.79 Å². The third-order valence-corrected chi connectivity index (χ3v) is 3.88. The number of hydrogen-bond donors (Lipinski definition) is 2. The highest BCUT2D eigenvalue weighted by Crippen LogP contribution is 2.19. The van der Waals surface area contributed by atoms with E-state index in [0.29, 0.717) is 17.0 Å². The van der Waals surface area contributed by atoms with E-state index in [-0.39, 0.29) is 11.9 Å².